The van der Waals surface area contributed by atoms with Gasteiger partial charge in [-0.2, -0.15) is 0 Å². The van der Waals surface area contributed by atoms with Crippen molar-refractivity contribution in [2.45, 2.75) is 27.3 Å². The summed E-state index contributed by atoms with van der Waals surface area (Å²) >= 11 is 0. The fraction of sp³-hybridized carbons (Fsp3) is 0.106. The van der Waals surface area contributed by atoms with Gasteiger partial charge in [0.05, 0.1) is 22.1 Å². The predicted octanol–water partition coefficient (Wildman–Crippen LogP) is 12.7. The third-order valence-corrected chi connectivity index (χ3v) is 10.3. The maximum atomic E-state index is 2.50. The molecule has 0 aliphatic carbocycles. The van der Waals surface area contributed by atoms with Crippen molar-refractivity contribution in [3.05, 3.63) is 158 Å². The van der Waals surface area contributed by atoms with Crippen molar-refractivity contribution in [1.82, 2.24) is 13.7 Å². The summed E-state index contributed by atoms with van der Waals surface area (Å²) in [5, 5.41) is 7.67. The lowest BCUT2D eigenvalue weighted by molar-refractivity contribution is 0.354. The van der Waals surface area contributed by atoms with Crippen molar-refractivity contribution >= 4 is 65.4 Å². The summed E-state index contributed by atoms with van der Waals surface area (Å²) in [6.45, 7) is 7.91. The van der Waals surface area contributed by atoms with Gasteiger partial charge in [-0.3, -0.25) is 0 Å². The molecular formula is C47H37N3. The molecule has 7 aromatic carbocycles. The Hall–Kier alpha value is -6.06. The second-order valence-electron chi connectivity index (χ2n) is 14.9. The van der Waals surface area contributed by atoms with E-state index in [1.54, 1.807) is 0 Å². The van der Waals surface area contributed by atoms with E-state index in [4.69, 9.17) is 0 Å². The summed E-state index contributed by atoms with van der Waals surface area (Å²) in [5.74, 6) is 0. The largest absolute Gasteiger partial charge is 0.340 e. The molecule has 0 saturated heterocycles. The van der Waals surface area contributed by atoms with Gasteiger partial charge in [0.2, 0.25) is 0 Å². The number of hydrogen-bond donors (Lipinski definition) is 0. The lowest BCUT2D eigenvalue weighted by Crippen LogP contribution is -2.15. The fourth-order valence-electron chi connectivity index (χ4n) is 8.26. The van der Waals surface area contributed by atoms with Gasteiger partial charge >= 0.3 is 0 Å². The Morgan fingerprint density at radius 2 is 0.780 bits per heavy atom. The van der Waals surface area contributed by atoms with Crippen molar-refractivity contribution in [2.75, 3.05) is 0 Å². The van der Waals surface area contributed by atoms with Crippen LogP contribution in [-0.2, 0) is 6.54 Å². The highest BCUT2D eigenvalue weighted by Gasteiger charge is 2.20. The van der Waals surface area contributed by atoms with Gasteiger partial charge in [0, 0.05) is 61.3 Å². The van der Waals surface area contributed by atoms with E-state index in [0.29, 0.717) is 0 Å². The normalized spacial score (nSPS) is 12.4. The molecule has 0 amide bonds. The lowest BCUT2D eigenvalue weighted by Gasteiger charge is -2.21. The minimum Gasteiger partial charge on any atom is -0.340 e. The number of hydrogen-bond acceptors (Lipinski definition) is 0. The number of nitrogens with zero attached hydrogens (tertiary/aromatic N) is 3. The maximum Gasteiger partial charge on any atom is 0.0541 e. The van der Waals surface area contributed by atoms with E-state index in [2.05, 4.69) is 192 Å². The summed E-state index contributed by atoms with van der Waals surface area (Å²) in [6.07, 6.45) is 0. The standard InChI is InChI=1S/C47H37N3/c1-47(2,3)30-48-41-18-10-7-15-35(41)40-29-34(23-26-42(40)48)50-44-20-12-9-17-37(44)39-28-32(22-25-46(39)50)31-21-24-45-38(27-31)36-16-8-11-19-43(36)49(45)33-13-5-4-6-14-33/h4-29H,30H2,1-3H3. The number of benzene rings is 7. The van der Waals surface area contributed by atoms with Crippen molar-refractivity contribution < 1.29 is 0 Å². The molecule has 10 aromatic rings. The lowest BCUT2D eigenvalue weighted by atomic mass is 9.97. The van der Waals surface area contributed by atoms with E-state index in [9.17, 15) is 0 Å². The maximum absolute atomic E-state index is 2.50. The molecule has 0 fully saturated rings. The third-order valence-electron chi connectivity index (χ3n) is 10.3. The molecule has 0 aliphatic heterocycles. The van der Waals surface area contributed by atoms with Crippen LogP contribution >= 0.6 is 0 Å². The molecule has 3 aromatic heterocycles. The van der Waals surface area contributed by atoms with Crippen LogP contribution in [0.4, 0.5) is 0 Å². The molecule has 3 heterocycles. The summed E-state index contributed by atoms with van der Waals surface area (Å²) in [7, 11) is 0. The highest BCUT2D eigenvalue weighted by molar-refractivity contribution is 6.13. The monoisotopic (exact) mass is 643 g/mol. The zero-order chi connectivity index (χ0) is 33.6. The second-order valence-corrected chi connectivity index (χ2v) is 14.9. The topological polar surface area (TPSA) is 14.8 Å². The minimum atomic E-state index is 0.168. The first kappa shape index (κ1) is 28.9. The molecule has 0 saturated carbocycles. The van der Waals surface area contributed by atoms with Crippen LogP contribution in [-0.4, -0.2) is 13.7 Å². The zero-order valence-electron chi connectivity index (χ0n) is 28.6. The van der Waals surface area contributed by atoms with E-state index in [1.165, 1.54) is 87.9 Å². The molecule has 3 nitrogen and oxygen atoms in total. The van der Waals surface area contributed by atoms with Gasteiger partial charge < -0.3 is 13.7 Å². The molecule has 10 rings (SSSR count). The van der Waals surface area contributed by atoms with E-state index in [1.807, 2.05) is 0 Å². The van der Waals surface area contributed by atoms with Crippen LogP contribution in [0.25, 0.3) is 87.9 Å². The zero-order valence-corrected chi connectivity index (χ0v) is 28.6. The SMILES string of the molecule is CC(C)(C)Cn1c2ccccc2c2cc(-n3c4ccccc4c4cc(-c5ccc6c(c5)c5ccccc5n6-c5ccccc5)ccc43)ccc21. The summed E-state index contributed by atoms with van der Waals surface area (Å²) < 4.78 is 7.32. The molecule has 0 radical (unpaired) electrons. The Bertz CT molecular complexity index is 2930. The average Bonchev–Trinajstić information content (AvgIpc) is 3.76. The van der Waals surface area contributed by atoms with E-state index in [0.717, 1.165) is 6.54 Å². The van der Waals surface area contributed by atoms with Crippen LogP contribution in [0.3, 0.4) is 0 Å². The first-order chi connectivity index (χ1) is 24.4. The molecule has 50 heavy (non-hydrogen) atoms. The Morgan fingerprint density at radius 1 is 0.360 bits per heavy atom. The van der Waals surface area contributed by atoms with Gasteiger partial charge in [0.1, 0.15) is 0 Å². The number of fused-ring (bicyclic) bond motifs is 9. The van der Waals surface area contributed by atoms with Crippen molar-refractivity contribution in [3.63, 3.8) is 0 Å². The predicted molar refractivity (Wildman–Crippen MR) is 213 cm³/mol. The van der Waals surface area contributed by atoms with E-state index < -0.39 is 0 Å². The van der Waals surface area contributed by atoms with E-state index >= 15 is 0 Å². The number of aromatic nitrogens is 3. The third kappa shape index (κ3) is 4.36. The second kappa shape index (κ2) is 10.7. The van der Waals surface area contributed by atoms with Crippen LogP contribution in [0.1, 0.15) is 20.8 Å². The highest BCUT2D eigenvalue weighted by atomic mass is 15.0. The Balaban J connectivity index is 1.15. The summed E-state index contributed by atoms with van der Waals surface area (Å²) in [5.41, 5.74) is 12.4. The van der Waals surface area contributed by atoms with Crippen LogP contribution in [0.5, 0.6) is 0 Å². The summed E-state index contributed by atoms with van der Waals surface area (Å²) in [6, 6.07) is 58.1. The van der Waals surface area contributed by atoms with Gasteiger partial charge in [-0.05, 0) is 89.3 Å². The van der Waals surface area contributed by atoms with Crippen molar-refractivity contribution in [1.29, 1.82) is 0 Å². The van der Waals surface area contributed by atoms with Crippen LogP contribution in [0.2, 0.25) is 0 Å². The molecular weight excluding hydrogens is 607 g/mol. The Morgan fingerprint density at radius 3 is 1.36 bits per heavy atom. The molecule has 0 atom stereocenters. The van der Waals surface area contributed by atoms with Crippen molar-refractivity contribution in [2.24, 2.45) is 5.41 Å². The van der Waals surface area contributed by atoms with Crippen molar-refractivity contribution in [3.8, 4) is 22.5 Å². The molecule has 0 bridgehead atoms. The Kier molecular flexibility index (Phi) is 6.20. The first-order valence-corrected chi connectivity index (χ1v) is 17.6. The molecule has 0 unspecified atom stereocenters. The number of para-hydroxylation sites is 4. The minimum absolute atomic E-state index is 0.168. The van der Waals surface area contributed by atoms with Gasteiger partial charge in [-0.15, -0.1) is 0 Å². The van der Waals surface area contributed by atoms with Crippen LogP contribution in [0.15, 0.2) is 158 Å². The molecule has 0 aliphatic rings. The summed E-state index contributed by atoms with van der Waals surface area (Å²) in [4.78, 5) is 0. The average molecular weight is 644 g/mol. The van der Waals surface area contributed by atoms with Gasteiger partial charge in [-0.25, -0.2) is 0 Å². The smallest absolute Gasteiger partial charge is 0.0541 e. The molecule has 0 N–H and O–H groups in total. The molecule has 0 spiro atoms. The highest BCUT2D eigenvalue weighted by Crippen LogP contribution is 2.40. The fourth-order valence-corrected chi connectivity index (χ4v) is 8.26. The number of rotatable bonds is 4. The van der Waals surface area contributed by atoms with Crippen LogP contribution in [0, 0.1) is 5.41 Å². The van der Waals surface area contributed by atoms with Gasteiger partial charge in [0.25, 0.3) is 0 Å². The van der Waals surface area contributed by atoms with Gasteiger partial charge in [0.15, 0.2) is 0 Å². The first-order valence-electron chi connectivity index (χ1n) is 17.6. The molecule has 3 heteroatoms. The van der Waals surface area contributed by atoms with Gasteiger partial charge in [-0.1, -0.05) is 106 Å². The van der Waals surface area contributed by atoms with E-state index in [-0.39, 0.29) is 5.41 Å². The molecule has 240 valence electrons. The Labute approximate surface area is 291 Å². The van der Waals surface area contributed by atoms with Crippen LogP contribution < -0.4 is 0 Å². The quantitative estimate of drug-likeness (QED) is 0.181.